The lowest BCUT2D eigenvalue weighted by Crippen LogP contribution is -2.32. The van der Waals surface area contributed by atoms with E-state index in [1.807, 2.05) is 19.9 Å². The van der Waals surface area contributed by atoms with Gasteiger partial charge in [-0.1, -0.05) is 25.8 Å². The molecule has 0 bridgehead atoms. The summed E-state index contributed by atoms with van der Waals surface area (Å²) in [6.07, 6.45) is 5.09. The highest BCUT2D eigenvalue weighted by molar-refractivity contribution is 5.96. The van der Waals surface area contributed by atoms with Gasteiger partial charge in [0.15, 0.2) is 0 Å². The zero-order valence-corrected chi connectivity index (χ0v) is 12.8. The van der Waals surface area contributed by atoms with Gasteiger partial charge in [-0.3, -0.25) is 4.79 Å². The third kappa shape index (κ3) is 3.53. The van der Waals surface area contributed by atoms with E-state index in [4.69, 9.17) is 5.73 Å². The van der Waals surface area contributed by atoms with E-state index < -0.39 is 0 Å². The van der Waals surface area contributed by atoms with Crippen molar-refractivity contribution in [3.05, 3.63) is 28.8 Å². The maximum absolute atomic E-state index is 12.3. The molecule has 0 aromatic heterocycles. The zero-order valence-electron chi connectivity index (χ0n) is 12.8. The first-order chi connectivity index (χ1) is 9.47. The molecule has 3 nitrogen and oxygen atoms in total. The zero-order chi connectivity index (χ0) is 14.7. The third-order valence-corrected chi connectivity index (χ3v) is 4.45. The molecule has 1 aromatic carbocycles. The minimum absolute atomic E-state index is 0.00688. The van der Waals surface area contributed by atoms with E-state index in [9.17, 15) is 4.79 Å². The number of hydrogen-bond donors (Lipinski definition) is 2. The van der Waals surface area contributed by atoms with Crippen LogP contribution in [0.15, 0.2) is 12.1 Å². The Kier molecular flexibility index (Phi) is 4.69. The quantitative estimate of drug-likeness (QED) is 0.830. The molecule has 1 amide bonds. The number of aryl methyl sites for hydroxylation is 2. The van der Waals surface area contributed by atoms with Crippen molar-refractivity contribution in [2.45, 2.75) is 46.5 Å². The van der Waals surface area contributed by atoms with Crippen molar-refractivity contribution in [2.75, 3.05) is 12.3 Å². The van der Waals surface area contributed by atoms with E-state index in [2.05, 4.69) is 12.2 Å². The van der Waals surface area contributed by atoms with Gasteiger partial charge in [-0.05, 0) is 55.7 Å². The number of carbonyl (C=O) groups is 1. The van der Waals surface area contributed by atoms with Gasteiger partial charge >= 0.3 is 0 Å². The van der Waals surface area contributed by atoms with Crippen LogP contribution in [-0.2, 0) is 0 Å². The largest absolute Gasteiger partial charge is 0.398 e. The summed E-state index contributed by atoms with van der Waals surface area (Å²) in [5.41, 5.74) is 9.32. The Bertz CT molecular complexity index is 496. The van der Waals surface area contributed by atoms with Crippen LogP contribution in [0.2, 0.25) is 0 Å². The Morgan fingerprint density at radius 2 is 2.05 bits per heavy atom. The summed E-state index contributed by atoms with van der Waals surface area (Å²) in [5.74, 6) is 1.43. The maximum Gasteiger partial charge on any atom is 0.251 e. The Morgan fingerprint density at radius 1 is 1.30 bits per heavy atom. The minimum atomic E-state index is 0.00688. The fourth-order valence-electron chi connectivity index (χ4n) is 3.19. The van der Waals surface area contributed by atoms with Crippen LogP contribution < -0.4 is 11.1 Å². The van der Waals surface area contributed by atoms with E-state index in [0.29, 0.717) is 17.2 Å². The lowest BCUT2D eigenvalue weighted by molar-refractivity contribution is 0.0940. The minimum Gasteiger partial charge on any atom is -0.398 e. The summed E-state index contributed by atoms with van der Waals surface area (Å²) in [6.45, 7) is 7.02. The van der Waals surface area contributed by atoms with Gasteiger partial charge in [-0.25, -0.2) is 0 Å². The van der Waals surface area contributed by atoms with Gasteiger partial charge in [-0.2, -0.15) is 0 Å². The fraction of sp³-hybridized carbons (Fsp3) is 0.588. The summed E-state index contributed by atoms with van der Waals surface area (Å²) in [6, 6.07) is 3.77. The molecule has 1 aliphatic rings. The van der Waals surface area contributed by atoms with Crippen LogP contribution in [-0.4, -0.2) is 12.5 Å². The van der Waals surface area contributed by atoms with Crippen LogP contribution in [0.25, 0.3) is 0 Å². The van der Waals surface area contributed by atoms with Gasteiger partial charge in [0.2, 0.25) is 0 Å². The Labute approximate surface area is 121 Å². The number of amides is 1. The average Bonchev–Trinajstić information content (AvgIpc) is 2.40. The molecular formula is C17H26N2O. The van der Waals surface area contributed by atoms with Crippen LogP contribution in [0.4, 0.5) is 5.69 Å². The number of carbonyl (C=O) groups excluding carboxylic acids is 1. The Balaban J connectivity index is 1.96. The van der Waals surface area contributed by atoms with E-state index in [0.717, 1.165) is 23.6 Å². The first-order valence-electron chi connectivity index (χ1n) is 7.62. The number of nitrogens with one attached hydrogen (secondary N) is 1. The lowest BCUT2D eigenvalue weighted by Gasteiger charge is -2.26. The maximum atomic E-state index is 12.3. The summed E-state index contributed by atoms with van der Waals surface area (Å²) in [7, 11) is 0. The summed E-state index contributed by atoms with van der Waals surface area (Å²) in [5, 5.41) is 3.08. The number of anilines is 1. The SMILES string of the molecule is Cc1cc(C)c(C(=O)NCC2CCCC(C)C2)cc1N. The number of hydrogen-bond acceptors (Lipinski definition) is 2. The highest BCUT2D eigenvalue weighted by Crippen LogP contribution is 2.28. The second-order valence-corrected chi connectivity index (χ2v) is 6.37. The van der Waals surface area contributed by atoms with Gasteiger partial charge in [-0.15, -0.1) is 0 Å². The van der Waals surface area contributed by atoms with Crippen molar-refractivity contribution in [1.82, 2.24) is 5.32 Å². The normalized spacial score (nSPS) is 22.6. The van der Waals surface area contributed by atoms with Crippen LogP contribution in [0, 0.1) is 25.7 Å². The van der Waals surface area contributed by atoms with Gasteiger partial charge in [0.1, 0.15) is 0 Å². The molecule has 0 spiro atoms. The van der Waals surface area contributed by atoms with E-state index in [1.54, 1.807) is 6.07 Å². The van der Waals surface area contributed by atoms with E-state index >= 15 is 0 Å². The first kappa shape index (κ1) is 14.9. The molecule has 1 saturated carbocycles. The second-order valence-electron chi connectivity index (χ2n) is 6.37. The Morgan fingerprint density at radius 3 is 2.75 bits per heavy atom. The standard InChI is InChI=1S/C17H26N2O/c1-11-5-4-6-14(7-11)10-19-17(20)15-9-16(18)13(3)8-12(15)2/h8-9,11,14H,4-7,10,18H2,1-3H3,(H,19,20). The highest BCUT2D eigenvalue weighted by Gasteiger charge is 2.20. The van der Waals surface area contributed by atoms with Gasteiger partial charge in [0, 0.05) is 17.8 Å². The van der Waals surface area contributed by atoms with Gasteiger partial charge in [0.05, 0.1) is 0 Å². The first-order valence-corrected chi connectivity index (χ1v) is 7.62. The number of nitrogens with two attached hydrogens (primary N) is 1. The topological polar surface area (TPSA) is 55.1 Å². The van der Waals surface area contributed by atoms with Crippen LogP contribution in [0.5, 0.6) is 0 Å². The molecule has 2 rings (SSSR count). The monoisotopic (exact) mass is 274 g/mol. The van der Waals surface area contributed by atoms with Gasteiger partial charge < -0.3 is 11.1 Å². The summed E-state index contributed by atoms with van der Waals surface area (Å²) >= 11 is 0. The van der Waals surface area contributed by atoms with Gasteiger partial charge in [0.25, 0.3) is 5.91 Å². The third-order valence-electron chi connectivity index (χ3n) is 4.45. The van der Waals surface area contributed by atoms with Crippen LogP contribution in [0.3, 0.4) is 0 Å². The van der Waals surface area contributed by atoms with Crippen LogP contribution in [0.1, 0.15) is 54.1 Å². The summed E-state index contributed by atoms with van der Waals surface area (Å²) in [4.78, 5) is 12.3. The molecule has 0 heterocycles. The second kappa shape index (κ2) is 6.29. The number of nitrogen functional groups attached to an aromatic ring is 1. The van der Waals surface area contributed by atoms with Crippen molar-refractivity contribution in [1.29, 1.82) is 0 Å². The Hall–Kier alpha value is -1.51. The molecule has 3 N–H and O–H groups in total. The summed E-state index contributed by atoms with van der Waals surface area (Å²) < 4.78 is 0. The molecule has 1 fully saturated rings. The molecule has 3 heteroatoms. The van der Waals surface area contributed by atoms with Crippen molar-refractivity contribution >= 4 is 11.6 Å². The van der Waals surface area contributed by atoms with Crippen molar-refractivity contribution in [3.8, 4) is 0 Å². The molecule has 0 saturated heterocycles. The van der Waals surface area contributed by atoms with E-state index in [-0.39, 0.29) is 5.91 Å². The van der Waals surface area contributed by atoms with Crippen molar-refractivity contribution in [2.24, 2.45) is 11.8 Å². The molecule has 1 aromatic rings. The fourth-order valence-corrected chi connectivity index (χ4v) is 3.19. The van der Waals surface area contributed by atoms with Crippen molar-refractivity contribution in [3.63, 3.8) is 0 Å². The van der Waals surface area contributed by atoms with Crippen LogP contribution >= 0.6 is 0 Å². The molecule has 110 valence electrons. The van der Waals surface area contributed by atoms with E-state index in [1.165, 1.54) is 25.7 Å². The van der Waals surface area contributed by atoms with Crippen molar-refractivity contribution < 1.29 is 4.79 Å². The molecule has 0 radical (unpaired) electrons. The molecular weight excluding hydrogens is 248 g/mol. The highest BCUT2D eigenvalue weighted by atomic mass is 16.1. The molecule has 20 heavy (non-hydrogen) atoms. The average molecular weight is 274 g/mol. The molecule has 2 unspecified atom stereocenters. The number of rotatable bonds is 3. The smallest absolute Gasteiger partial charge is 0.251 e. The predicted octanol–water partition coefficient (Wildman–Crippen LogP) is 3.44. The number of benzene rings is 1. The lowest BCUT2D eigenvalue weighted by atomic mass is 9.82. The molecule has 0 aliphatic heterocycles. The predicted molar refractivity (Wildman–Crippen MR) is 83.8 cm³/mol. The molecule has 1 aliphatic carbocycles. The molecule has 2 atom stereocenters.